The van der Waals surface area contributed by atoms with Crippen molar-refractivity contribution in [3.63, 3.8) is 0 Å². The summed E-state index contributed by atoms with van der Waals surface area (Å²) in [6.07, 6.45) is 2.24. The topological polar surface area (TPSA) is 29.5 Å². The molecule has 78 valence electrons. The Hall–Kier alpha value is -0.380. The maximum atomic E-state index is 10.5. The lowest BCUT2D eigenvalue weighted by Crippen LogP contribution is -2.33. The fourth-order valence-electron chi connectivity index (χ4n) is 1.89. The van der Waals surface area contributed by atoms with Crippen molar-refractivity contribution < 1.29 is 9.84 Å². The SMILES string of the molecule is COCC(O)(c1csc(C)c1)C1CC1. The third-order valence-electron chi connectivity index (χ3n) is 2.85. The van der Waals surface area contributed by atoms with E-state index in [9.17, 15) is 5.11 Å². The minimum atomic E-state index is -0.737. The van der Waals surface area contributed by atoms with Gasteiger partial charge in [-0.05, 0) is 42.7 Å². The van der Waals surface area contributed by atoms with Gasteiger partial charge in [0, 0.05) is 12.0 Å². The molecular formula is C11H16O2S. The molecule has 1 aliphatic rings. The molecule has 1 aromatic heterocycles. The molecule has 0 radical (unpaired) electrons. The first-order chi connectivity index (χ1) is 6.66. The molecule has 0 amide bonds. The molecule has 3 heteroatoms. The van der Waals surface area contributed by atoms with E-state index >= 15 is 0 Å². The molecule has 1 atom stereocenters. The average molecular weight is 212 g/mol. The Morgan fingerprint density at radius 3 is 2.79 bits per heavy atom. The first kappa shape index (κ1) is 10.1. The zero-order chi connectivity index (χ0) is 10.2. The fourth-order valence-corrected chi connectivity index (χ4v) is 2.67. The summed E-state index contributed by atoms with van der Waals surface area (Å²) < 4.78 is 5.13. The average Bonchev–Trinajstić information content (AvgIpc) is 2.90. The predicted octanol–water partition coefficient (Wildman–Crippen LogP) is 2.30. The number of methoxy groups -OCH3 is 1. The van der Waals surface area contributed by atoms with Gasteiger partial charge in [-0.1, -0.05) is 0 Å². The molecule has 1 unspecified atom stereocenters. The van der Waals surface area contributed by atoms with Crippen LogP contribution >= 0.6 is 11.3 Å². The lowest BCUT2D eigenvalue weighted by Gasteiger charge is -2.26. The zero-order valence-corrected chi connectivity index (χ0v) is 9.43. The molecule has 1 aliphatic carbocycles. The van der Waals surface area contributed by atoms with Gasteiger partial charge in [0.15, 0.2) is 0 Å². The van der Waals surface area contributed by atoms with Crippen molar-refractivity contribution in [2.24, 2.45) is 5.92 Å². The van der Waals surface area contributed by atoms with Crippen molar-refractivity contribution in [1.82, 2.24) is 0 Å². The summed E-state index contributed by atoms with van der Waals surface area (Å²) in [7, 11) is 1.65. The van der Waals surface area contributed by atoms with Crippen LogP contribution in [-0.4, -0.2) is 18.8 Å². The summed E-state index contributed by atoms with van der Waals surface area (Å²) in [6, 6.07) is 2.07. The molecule has 1 fully saturated rings. The lowest BCUT2D eigenvalue weighted by atomic mass is 9.91. The Morgan fingerprint density at radius 2 is 2.36 bits per heavy atom. The van der Waals surface area contributed by atoms with Crippen molar-refractivity contribution in [1.29, 1.82) is 0 Å². The Balaban J connectivity index is 2.25. The monoisotopic (exact) mass is 212 g/mol. The van der Waals surface area contributed by atoms with Gasteiger partial charge in [0.05, 0.1) is 6.61 Å². The van der Waals surface area contributed by atoms with Crippen LogP contribution in [0.4, 0.5) is 0 Å². The number of ether oxygens (including phenoxy) is 1. The molecule has 2 nitrogen and oxygen atoms in total. The lowest BCUT2D eigenvalue weighted by molar-refractivity contribution is -0.0529. The largest absolute Gasteiger partial charge is 0.382 e. The molecule has 0 aromatic carbocycles. The highest BCUT2D eigenvalue weighted by atomic mass is 32.1. The van der Waals surface area contributed by atoms with E-state index in [0.29, 0.717) is 12.5 Å². The summed E-state index contributed by atoms with van der Waals surface area (Å²) in [5.74, 6) is 0.399. The molecule has 0 saturated heterocycles. The highest BCUT2D eigenvalue weighted by Crippen LogP contribution is 2.46. The maximum Gasteiger partial charge on any atom is 0.116 e. The van der Waals surface area contributed by atoms with E-state index in [1.54, 1.807) is 18.4 Å². The van der Waals surface area contributed by atoms with Crippen molar-refractivity contribution in [3.8, 4) is 0 Å². The third-order valence-corrected chi connectivity index (χ3v) is 3.71. The van der Waals surface area contributed by atoms with Gasteiger partial charge in [-0.15, -0.1) is 11.3 Å². The smallest absolute Gasteiger partial charge is 0.116 e. The van der Waals surface area contributed by atoms with Crippen LogP contribution < -0.4 is 0 Å². The van der Waals surface area contributed by atoms with Gasteiger partial charge in [-0.3, -0.25) is 0 Å². The van der Waals surface area contributed by atoms with Crippen LogP contribution in [0.15, 0.2) is 11.4 Å². The summed E-state index contributed by atoms with van der Waals surface area (Å²) in [4.78, 5) is 1.25. The van der Waals surface area contributed by atoms with E-state index in [1.807, 2.05) is 5.38 Å². The highest BCUT2D eigenvalue weighted by Gasteiger charge is 2.45. The van der Waals surface area contributed by atoms with Gasteiger partial charge < -0.3 is 9.84 Å². The first-order valence-corrected chi connectivity index (χ1v) is 5.81. The molecule has 2 rings (SSSR count). The molecule has 0 bridgehead atoms. The Labute approximate surface area is 88.5 Å². The summed E-state index contributed by atoms with van der Waals surface area (Å²) in [5, 5.41) is 12.6. The van der Waals surface area contributed by atoms with Crippen molar-refractivity contribution >= 4 is 11.3 Å². The van der Waals surface area contributed by atoms with E-state index in [1.165, 1.54) is 4.88 Å². The molecule has 14 heavy (non-hydrogen) atoms. The quantitative estimate of drug-likeness (QED) is 0.830. The number of aliphatic hydroxyl groups is 1. The molecular weight excluding hydrogens is 196 g/mol. The van der Waals surface area contributed by atoms with Crippen LogP contribution in [0.3, 0.4) is 0 Å². The molecule has 1 aromatic rings. The number of thiophene rings is 1. The minimum Gasteiger partial charge on any atom is -0.382 e. The second kappa shape index (κ2) is 3.65. The Morgan fingerprint density at radius 1 is 1.64 bits per heavy atom. The summed E-state index contributed by atoms with van der Waals surface area (Å²) >= 11 is 1.69. The van der Waals surface area contributed by atoms with Gasteiger partial charge in [0.1, 0.15) is 5.60 Å². The van der Waals surface area contributed by atoms with E-state index in [4.69, 9.17) is 4.74 Å². The van der Waals surface area contributed by atoms with Crippen LogP contribution in [0.2, 0.25) is 0 Å². The first-order valence-electron chi connectivity index (χ1n) is 4.94. The van der Waals surface area contributed by atoms with Gasteiger partial charge >= 0.3 is 0 Å². The van der Waals surface area contributed by atoms with Crippen LogP contribution in [0.5, 0.6) is 0 Å². The van der Waals surface area contributed by atoms with Crippen molar-refractivity contribution in [3.05, 3.63) is 21.9 Å². The third kappa shape index (κ3) is 1.72. The Kier molecular flexibility index (Phi) is 2.64. The molecule has 1 N–H and O–H groups in total. The fraction of sp³-hybridized carbons (Fsp3) is 0.636. The van der Waals surface area contributed by atoms with Crippen LogP contribution in [0.1, 0.15) is 23.3 Å². The van der Waals surface area contributed by atoms with Crippen molar-refractivity contribution in [2.75, 3.05) is 13.7 Å². The van der Waals surface area contributed by atoms with Gasteiger partial charge in [0.25, 0.3) is 0 Å². The van der Waals surface area contributed by atoms with E-state index in [0.717, 1.165) is 18.4 Å². The minimum absolute atomic E-state index is 0.399. The second-order valence-electron chi connectivity index (χ2n) is 4.08. The van der Waals surface area contributed by atoms with Crippen LogP contribution in [0.25, 0.3) is 0 Å². The normalized spacial score (nSPS) is 20.8. The highest BCUT2D eigenvalue weighted by molar-refractivity contribution is 7.10. The van der Waals surface area contributed by atoms with Crippen LogP contribution in [-0.2, 0) is 10.3 Å². The number of rotatable bonds is 4. The summed E-state index contributed by atoms with van der Waals surface area (Å²) in [5.41, 5.74) is 0.295. The molecule has 0 aliphatic heterocycles. The number of hydrogen-bond acceptors (Lipinski definition) is 3. The van der Waals surface area contributed by atoms with E-state index < -0.39 is 5.60 Å². The molecule has 1 saturated carbocycles. The van der Waals surface area contributed by atoms with Gasteiger partial charge in [-0.2, -0.15) is 0 Å². The van der Waals surface area contributed by atoms with Gasteiger partial charge in [-0.25, -0.2) is 0 Å². The van der Waals surface area contributed by atoms with E-state index in [2.05, 4.69) is 13.0 Å². The predicted molar refractivity (Wildman–Crippen MR) is 57.6 cm³/mol. The standard InChI is InChI=1S/C11H16O2S/c1-8-5-10(6-14-8)11(12,7-13-2)9-3-4-9/h5-6,9,12H,3-4,7H2,1-2H3. The van der Waals surface area contributed by atoms with Crippen LogP contribution in [0, 0.1) is 12.8 Å². The number of hydrogen-bond donors (Lipinski definition) is 1. The molecule has 1 heterocycles. The molecule has 0 spiro atoms. The zero-order valence-electron chi connectivity index (χ0n) is 8.62. The van der Waals surface area contributed by atoms with Crippen molar-refractivity contribution in [2.45, 2.75) is 25.4 Å². The summed E-state index contributed by atoms with van der Waals surface area (Å²) in [6.45, 7) is 2.47. The second-order valence-corrected chi connectivity index (χ2v) is 5.19. The van der Waals surface area contributed by atoms with Gasteiger partial charge in [0.2, 0.25) is 0 Å². The van der Waals surface area contributed by atoms with E-state index in [-0.39, 0.29) is 0 Å². The Bertz CT molecular complexity index is 317. The maximum absolute atomic E-state index is 10.5. The number of aryl methyl sites for hydroxylation is 1.